The Morgan fingerprint density at radius 3 is 2.42 bits per heavy atom. The van der Waals surface area contributed by atoms with Crippen molar-refractivity contribution in [2.45, 2.75) is 43.9 Å². The molecule has 2 aliphatic heterocycles. The van der Waals surface area contributed by atoms with Crippen LogP contribution in [0.2, 0.25) is 0 Å². The molecule has 1 amide bonds. The van der Waals surface area contributed by atoms with Gasteiger partial charge < -0.3 is 14.6 Å². The Kier molecular flexibility index (Phi) is 7.99. The predicted octanol–water partition coefficient (Wildman–Crippen LogP) is 3.64. The summed E-state index contributed by atoms with van der Waals surface area (Å²) in [6.07, 6.45) is 6.60. The Labute approximate surface area is 261 Å². The number of hydrogen-bond acceptors (Lipinski definition) is 7. The van der Waals surface area contributed by atoms with Crippen LogP contribution in [0.3, 0.4) is 0 Å². The largest absolute Gasteiger partial charge is 0.388 e. The zero-order valence-corrected chi connectivity index (χ0v) is 25.2. The second-order valence-corrected chi connectivity index (χ2v) is 12.3. The summed E-state index contributed by atoms with van der Waals surface area (Å²) in [7, 11) is 0. The minimum absolute atomic E-state index is 0.0597. The van der Waals surface area contributed by atoms with E-state index in [-0.39, 0.29) is 29.8 Å². The number of benzene rings is 2. The van der Waals surface area contributed by atoms with Crippen molar-refractivity contribution in [1.82, 2.24) is 34.1 Å². The molecule has 2 fully saturated rings. The molecule has 0 radical (unpaired) electrons. The summed E-state index contributed by atoms with van der Waals surface area (Å²) in [5.41, 5.74) is 2.32. The highest BCUT2D eigenvalue weighted by Crippen LogP contribution is 2.36. The molecule has 0 spiro atoms. The van der Waals surface area contributed by atoms with Crippen LogP contribution in [0.15, 0.2) is 102 Å². The standard InChI is InChI=1S/C35H37N7O3/c43-33(29-13-18-39(22-27-10-7-17-37-38-27)23-31(29)26-8-3-1-4-9-26)40-20-15-35(45,16-21-40)24-41-25-36-32-30(34(41)44)14-19-42(32)28-11-5-2-6-12-28/h1-12,14,17,19,25,29,31,45H,13,15-16,18,20-24H2/t29-,31+/m1/s1. The summed E-state index contributed by atoms with van der Waals surface area (Å²) < 4.78 is 3.40. The van der Waals surface area contributed by atoms with Crippen LogP contribution in [-0.2, 0) is 17.9 Å². The number of carbonyl (C=O) groups excluding carboxylic acids is 1. The van der Waals surface area contributed by atoms with E-state index in [0.717, 1.165) is 36.5 Å². The molecule has 3 aromatic heterocycles. The van der Waals surface area contributed by atoms with E-state index in [4.69, 9.17) is 0 Å². The van der Waals surface area contributed by atoms with Crippen molar-refractivity contribution in [2.75, 3.05) is 26.2 Å². The molecule has 0 saturated carbocycles. The Balaban J connectivity index is 1.03. The molecule has 2 aliphatic rings. The lowest BCUT2D eigenvalue weighted by atomic mass is 9.79. The maximum Gasteiger partial charge on any atom is 0.262 e. The lowest BCUT2D eigenvalue weighted by molar-refractivity contribution is -0.142. The van der Waals surface area contributed by atoms with E-state index in [9.17, 15) is 14.7 Å². The first kappa shape index (κ1) is 29.1. The molecule has 0 aliphatic carbocycles. The van der Waals surface area contributed by atoms with E-state index in [0.29, 0.717) is 43.5 Å². The Bertz CT molecular complexity index is 1820. The molecule has 10 heteroatoms. The third-order valence-electron chi connectivity index (χ3n) is 9.43. The van der Waals surface area contributed by atoms with E-state index in [1.807, 2.05) is 76.3 Å². The second kappa shape index (κ2) is 12.4. The van der Waals surface area contributed by atoms with Crippen molar-refractivity contribution >= 4 is 16.9 Å². The van der Waals surface area contributed by atoms with Gasteiger partial charge in [-0.25, -0.2) is 4.98 Å². The van der Waals surface area contributed by atoms with Gasteiger partial charge in [0.1, 0.15) is 6.33 Å². The number of carbonyl (C=O) groups is 1. The molecule has 2 atom stereocenters. The van der Waals surface area contributed by atoms with Crippen LogP contribution in [0, 0.1) is 5.92 Å². The molecule has 0 unspecified atom stereocenters. The smallest absolute Gasteiger partial charge is 0.262 e. The zero-order chi connectivity index (χ0) is 30.8. The molecule has 5 heterocycles. The lowest BCUT2D eigenvalue weighted by Crippen LogP contribution is -2.53. The lowest BCUT2D eigenvalue weighted by Gasteiger charge is -2.43. The van der Waals surface area contributed by atoms with Gasteiger partial charge in [0.15, 0.2) is 5.65 Å². The third-order valence-corrected chi connectivity index (χ3v) is 9.43. The van der Waals surface area contributed by atoms with Gasteiger partial charge >= 0.3 is 0 Å². The number of hydrogen-bond donors (Lipinski definition) is 1. The van der Waals surface area contributed by atoms with E-state index < -0.39 is 5.60 Å². The van der Waals surface area contributed by atoms with Crippen LogP contribution in [0.5, 0.6) is 0 Å². The number of aromatic nitrogens is 5. The van der Waals surface area contributed by atoms with Crippen molar-refractivity contribution in [3.63, 3.8) is 0 Å². The van der Waals surface area contributed by atoms with Crippen molar-refractivity contribution in [3.05, 3.63) is 119 Å². The average Bonchev–Trinajstić information content (AvgIpc) is 3.52. The summed E-state index contributed by atoms with van der Waals surface area (Å²) in [5.74, 6) is 0.0663. The summed E-state index contributed by atoms with van der Waals surface area (Å²) in [4.78, 5) is 36.3. The number of fused-ring (bicyclic) bond motifs is 1. The van der Waals surface area contributed by atoms with Gasteiger partial charge in [-0.05, 0) is 61.7 Å². The molecule has 2 saturated heterocycles. The molecular formula is C35H37N7O3. The Hall–Kier alpha value is -4.67. The van der Waals surface area contributed by atoms with Gasteiger partial charge in [0, 0.05) is 56.1 Å². The van der Waals surface area contributed by atoms with Crippen molar-refractivity contribution in [2.24, 2.45) is 5.92 Å². The van der Waals surface area contributed by atoms with Crippen molar-refractivity contribution in [1.29, 1.82) is 0 Å². The molecule has 1 N–H and O–H groups in total. The minimum atomic E-state index is -1.10. The molecule has 0 bridgehead atoms. The van der Waals surface area contributed by atoms with E-state index in [2.05, 4.69) is 32.2 Å². The van der Waals surface area contributed by atoms with Crippen molar-refractivity contribution in [3.8, 4) is 5.69 Å². The van der Waals surface area contributed by atoms with Gasteiger partial charge in [-0.3, -0.25) is 19.1 Å². The summed E-state index contributed by atoms with van der Waals surface area (Å²) >= 11 is 0. The fourth-order valence-corrected chi connectivity index (χ4v) is 6.96. The van der Waals surface area contributed by atoms with Gasteiger partial charge in [0.2, 0.25) is 5.91 Å². The zero-order valence-electron chi connectivity index (χ0n) is 25.2. The number of amides is 1. The monoisotopic (exact) mass is 603 g/mol. The van der Waals surface area contributed by atoms with E-state index >= 15 is 0 Å². The number of para-hydroxylation sites is 1. The minimum Gasteiger partial charge on any atom is -0.388 e. The fourth-order valence-electron chi connectivity index (χ4n) is 6.96. The number of piperidine rings is 2. The molecule has 45 heavy (non-hydrogen) atoms. The first-order valence-corrected chi connectivity index (χ1v) is 15.6. The highest BCUT2D eigenvalue weighted by atomic mass is 16.3. The summed E-state index contributed by atoms with van der Waals surface area (Å²) in [5, 5.41) is 20.4. The fraction of sp³-hybridized carbons (Fsp3) is 0.343. The first-order chi connectivity index (χ1) is 22.0. The molecular weight excluding hydrogens is 566 g/mol. The normalized spacial score (nSPS) is 20.3. The second-order valence-electron chi connectivity index (χ2n) is 12.3. The topological polar surface area (TPSA) is 109 Å². The summed E-state index contributed by atoms with van der Waals surface area (Å²) in [6.45, 7) is 3.31. The van der Waals surface area contributed by atoms with Crippen molar-refractivity contribution < 1.29 is 9.90 Å². The van der Waals surface area contributed by atoms with Crippen LogP contribution in [0.4, 0.5) is 0 Å². The van der Waals surface area contributed by atoms with Crippen LogP contribution < -0.4 is 5.56 Å². The maximum atomic E-state index is 14.0. The summed E-state index contributed by atoms with van der Waals surface area (Å²) in [6, 6.07) is 25.7. The van der Waals surface area contributed by atoms with Gasteiger partial charge in [0.05, 0.1) is 23.2 Å². The van der Waals surface area contributed by atoms with Crippen LogP contribution in [0.1, 0.15) is 36.4 Å². The third kappa shape index (κ3) is 6.03. The molecule has 5 aromatic rings. The van der Waals surface area contributed by atoms with E-state index in [1.165, 1.54) is 10.9 Å². The SMILES string of the molecule is O=C([C@@H]1CCN(Cc2cccnn2)C[C@H]1c1ccccc1)N1CCC(O)(Cn2cnc3c(ccn3-c3ccccc3)c2=O)CC1. The van der Waals surface area contributed by atoms with Gasteiger partial charge in [-0.15, -0.1) is 0 Å². The number of aliphatic hydroxyl groups is 1. The molecule has 7 rings (SSSR count). The molecule has 230 valence electrons. The van der Waals surface area contributed by atoms with Crippen LogP contribution in [-0.4, -0.2) is 76.9 Å². The van der Waals surface area contributed by atoms with Gasteiger partial charge in [0.25, 0.3) is 5.56 Å². The Morgan fingerprint density at radius 1 is 0.933 bits per heavy atom. The number of likely N-dealkylation sites (tertiary alicyclic amines) is 2. The predicted molar refractivity (Wildman–Crippen MR) is 171 cm³/mol. The highest BCUT2D eigenvalue weighted by Gasteiger charge is 2.41. The first-order valence-electron chi connectivity index (χ1n) is 15.6. The average molecular weight is 604 g/mol. The molecule has 10 nitrogen and oxygen atoms in total. The highest BCUT2D eigenvalue weighted by molar-refractivity contribution is 5.80. The van der Waals surface area contributed by atoms with Gasteiger partial charge in [-0.2, -0.15) is 10.2 Å². The Morgan fingerprint density at radius 2 is 1.69 bits per heavy atom. The van der Waals surface area contributed by atoms with Crippen LogP contribution in [0.25, 0.3) is 16.7 Å². The van der Waals surface area contributed by atoms with Crippen LogP contribution >= 0.6 is 0 Å². The number of rotatable bonds is 7. The maximum absolute atomic E-state index is 14.0. The van der Waals surface area contributed by atoms with Gasteiger partial charge in [-0.1, -0.05) is 48.5 Å². The quantitative estimate of drug-likeness (QED) is 0.303. The number of nitrogens with zero attached hydrogens (tertiary/aromatic N) is 7. The molecule has 2 aromatic carbocycles. The van der Waals surface area contributed by atoms with E-state index in [1.54, 1.807) is 12.3 Å².